The van der Waals surface area contributed by atoms with E-state index in [0.29, 0.717) is 5.56 Å². The van der Waals surface area contributed by atoms with Crippen molar-refractivity contribution >= 4 is 21.9 Å². The lowest BCUT2D eigenvalue weighted by Crippen LogP contribution is -2.08. The number of carbonyl (C=O) groups excluding carboxylic acids is 1. The molecule has 0 aliphatic carbocycles. The summed E-state index contributed by atoms with van der Waals surface area (Å²) >= 11 is 3.19. The second-order valence-electron chi connectivity index (χ2n) is 2.62. The Bertz CT molecular complexity index is 384. The maximum absolute atomic E-state index is 11.2. The van der Waals surface area contributed by atoms with Gasteiger partial charge in [0.05, 0.1) is 18.7 Å². The van der Waals surface area contributed by atoms with Crippen molar-refractivity contribution in [2.45, 2.75) is 4.83 Å². The smallest absolute Gasteiger partial charge is 0.323 e. The zero-order chi connectivity index (χ0) is 10.6. The molecule has 0 radical (unpaired) electrons. The number of benzene rings is 1. The van der Waals surface area contributed by atoms with E-state index >= 15 is 0 Å². The van der Waals surface area contributed by atoms with Gasteiger partial charge in [0.2, 0.25) is 0 Å². The number of esters is 1. The third-order valence-corrected chi connectivity index (χ3v) is 2.62. The molecule has 1 aromatic rings. The van der Waals surface area contributed by atoms with Gasteiger partial charge in [0, 0.05) is 0 Å². The molecule has 0 spiro atoms. The lowest BCUT2D eigenvalue weighted by molar-refractivity contribution is -0.139. The third kappa shape index (κ3) is 2.33. The molecule has 72 valence electrons. The van der Waals surface area contributed by atoms with E-state index in [0.717, 1.165) is 5.56 Å². The quantitative estimate of drug-likeness (QED) is 0.600. The number of ether oxygens (including phenoxy) is 1. The monoisotopic (exact) mass is 253 g/mol. The summed E-state index contributed by atoms with van der Waals surface area (Å²) in [5.74, 6) is -0.375. The van der Waals surface area contributed by atoms with Crippen LogP contribution in [0.2, 0.25) is 0 Å². The first kappa shape index (κ1) is 10.7. The Kier molecular flexibility index (Phi) is 3.66. The third-order valence-electron chi connectivity index (χ3n) is 1.72. The fourth-order valence-corrected chi connectivity index (χ4v) is 1.48. The Morgan fingerprint density at radius 1 is 1.64 bits per heavy atom. The first-order chi connectivity index (χ1) is 6.69. The van der Waals surface area contributed by atoms with Gasteiger partial charge < -0.3 is 4.74 Å². The van der Waals surface area contributed by atoms with Gasteiger partial charge in [-0.05, 0) is 17.7 Å². The predicted molar refractivity (Wildman–Crippen MR) is 54.8 cm³/mol. The van der Waals surface area contributed by atoms with Gasteiger partial charge in [0.25, 0.3) is 0 Å². The molecule has 3 nitrogen and oxygen atoms in total. The number of halogens is 1. The molecule has 0 bridgehead atoms. The first-order valence-electron chi connectivity index (χ1n) is 3.91. The van der Waals surface area contributed by atoms with E-state index in [9.17, 15) is 4.79 Å². The largest absolute Gasteiger partial charge is 0.468 e. The summed E-state index contributed by atoms with van der Waals surface area (Å²) in [5, 5.41) is 8.66. The van der Waals surface area contributed by atoms with Gasteiger partial charge >= 0.3 is 5.97 Å². The van der Waals surface area contributed by atoms with Crippen LogP contribution in [0.5, 0.6) is 0 Å². The number of carbonyl (C=O) groups is 1. The molecule has 0 heterocycles. The molecule has 0 amide bonds. The second-order valence-corrected chi connectivity index (χ2v) is 3.54. The molecule has 1 rings (SSSR count). The number of hydrogen-bond donors (Lipinski definition) is 0. The van der Waals surface area contributed by atoms with Gasteiger partial charge in [-0.25, -0.2) is 0 Å². The van der Waals surface area contributed by atoms with Crippen molar-refractivity contribution in [2.24, 2.45) is 0 Å². The SMILES string of the molecule is COC(=O)C(Br)c1cccc(C#N)c1. The molecule has 4 heteroatoms. The van der Waals surface area contributed by atoms with E-state index in [1.54, 1.807) is 24.3 Å². The van der Waals surface area contributed by atoms with Crippen LogP contribution in [0.4, 0.5) is 0 Å². The van der Waals surface area contributed by atoms with Crippen molar-refractivity contribution in [1.29, 1.82) is 5.26 Å². The topological polar surface area (TPSA) is 50.1 Å². The molecule has 0 saturated carbocycles. The van der Waals surface area contributed by atoms with Crippen LogP contribution in [0.25, 0.3) is 0 Å². The average Bonchev–Trinajstić information content (AvgIpc) is 2.27. The van der Waals surface area contributed by atoms with Crippen LogP contribution in [-0.2, 0) is 9.53 Å². The second kappa shape index (κ2) is 4.77. The normalized spacial score (nSPS) is 11.5. The van der Waals surface area contributed by atoms with E-state index in [4.69, 9.17) is 5.26 Å². The first-order valence-corrected chi connectivity index (χ1v) is 4.82. The molecule has 14 heavy (non-hydrogen) atoms. The number of methoxy groups -OCH3 is 1. The molecule has 0 aliphatic heterocycles. The maximum Gasteiger partial charge on any atom is 0.323 e. The highest BCUT2D eigenvalue weighted by atomic mass is 79.9. The van der Waals surface area contributed by atoms with Crippen molar-refractivity contribution in [1.82, 2.24) is 0 Å². The summed E-state index contributed by atoms with van der Waals surface area (Å²) < 4.78 is 4.57. The molecular formula is C10H8BrNO2. The van der Waals surface area contributed by atoms with Gasteiger partial charge in [-0.2, -0.15) is 5.26 Å². The number of nitriles is 1. The van der Waals surface area contributed by atoms with Gasteiger partial charge in [0.15, 0.2) is 0 Å². The number of rotatable bonds is 2. The molecule has 0 fully saturated rings. The molecular weight excluding hydrogens is 246 g/mol. The van der Waals surface area contributed by atoms with Crippen molar-refractivity contribution in [3.05, 3.63) is 35.4 Å². The van der Waals surface area contributed by atoms with Crippen LogP contribution in [-0.4, -0.2) is 13.1 Å². The van der Waals surface area contributed by atoms with Crippen LogP contribution in [0.15, 0.2) is 24.3 Å². The van der Waals surface area contributed by atoms with Gasteiger partial charge in [0.1, 0.15) is 4.83 Å². The summed E-state index contributed by atoms with van der Waals surface area (Å²) in [6.07, 6.45) is 0. The fourth-order valence-electron chi connectivity index (χ4n) is 1.01. The summed E-state index contributed by atoms with van der Waals surface area (Å²) in [4.78, 5) is 10.6. The van der Waals surface area contributed by atoms with Crippen LogP contribution in [0, 0.1) is 11.3 Å². The van der Waals surface area contributed by atoms with E-state index in [2.05, 4.69) is 20.7 Å². The van der Waals surface area contributed by atoms with E-state index in [1.165, 1.54) is 7.11 Å². The average molecular weight is 254 g/mol. The van der Waals surface area contributed by atoms with Crippen LogP contribution >= 0.6 is 15.9 Å². The Hall–Kier alpha value is -1.34. The van der Waals surface area contributed by atoms with E-state index < -0.39 is 4.83 Å². The number of alkyl halides is 1. The zero-order valence-electron chi connectivity index (χ0n) is 7.53. The molecule has 1 aromatic carbocycles. The van der Waals surface area contributed by atoms with Crippen LogP contribution < -0.4 is 0 Å². The minimum atomic E-state index is -0.513. The number of nitrogens with zero attached hydrogens (tertiary/aromatic N) is 1. The minimum Gasteiger partial charge on any atom is -0.468 e. The van der Waals surface area contributed by atoms with Gasteiger partial charge in [-0.3, -0.25) is 4.79 Å². The standard InChI is InChI=1S/C10H8BrNO2/c1-14-10(13)9(11)8-4-2-3-7(5-8)6-12/h2-5,9H,1H3. The predicted octanol–water partition coefficient (Wildman–Crippen LogP) is 2.17. The van der Waals surface area contributed by atoms with Gasteiger partial charge in [-0.15, -0.1) is 0 Å². The summed E-state index contributed by atoms with van der Waals surface area (Å²) in [5.41, 5.74) is 1.24. The number of hydrogen-bond acceptors (Lipinski definition) is 3. The molecule has 1 atom stereocenters. The molecule has 0 saturated heterocycles. The molecule has 0 N–H and O–H groups in total. The van der Waals surface area contributed by atoms with Gasteiger partial charge in [-0.1, -0.05) is 28.1 Å². The highest BCUT2D eigenvalue weighted by Crippen LogP contribution is 2.24. The summed E-state index contributed by atoms with van der Waals surface area (Å²) in [7, 11) is 1.32. The minimum absolute atomic E-state index is 0.375. The Morgan fingerprint density at radius 2 is 2.36 bits per heavy atom. The van der Waals surface area contributed by atoms with Crippen LogP contribution in [0.3, 0.4) is 0 Å². The summed E-state index contributed by atoms with van der Waals surface area (Å²) in [6.45, 7) is 0. The Morgan fingerprint density at radius 3 is 2.93 bits per heavy atom. The molecule has 0 aromatic heterocycles. The zero-order valence-corrected chi connectivity index (χ0v) is 9.11. The lowest BCUT2D eigenvalue weighted by Gasteiger charge is -2.07. The van der Waals surface area contributed by atoms with Crippen molar-refractivity contribution in [2.75, 3.05) is 7.11 Å². The van der Waals surface area contributed by atoms with E-state index in [1.807, 2.05) is 6.07 Å². The van der Waals surface area contributed by atoms with Crippen molar-refractivity contribution in [3.63, 3.8) is 0 Å². The van der Waals surface area contributed by atoms with E-state index in [-0.39, 0.29) is 5.97 Å². The van der Waals surface area contributed by atoms with Crippen molar-refractivity contribution in [3.8, 4) is 6.07 Å². The fraction of sp³-hybridized carbons (Fsp3) is 0.200. The highest BCUT2D eigenvalue weighted by Gasteiger charge is 2.17. The van der Waals surface area contributed by atoms with Crippen molar-refractivity contribution < 1.29 is 9.53 Å². The maximum atomic E-state index is 11.2. The Labute approximate surface area is 90.4 Å². The Balaban J connectivity index is 2.96. The summed E-state index contributed by atoms with van der Waals surface area (Å²) in [6, 6.07) is 8.82. The molecule has 0 aliphatic rings. The highest BCUT2D eigenvalue weighted by molar-refractivity contribution is 9.09. The lowest BCUT2D eigenvalue weighted by atomic mass is 10.1. The van der Waals surface area contributed by atoms with Crippen LogP contribution in [0.1, 0.15) is 16.0 Å². The molecule has 1 unspecified atom stereocenters.